The van der Waals surface area contributed by atoms with Crippen LogP contribution in [0.3, 0.4) is 0 Å². The number of carbonyl (C=O) groups is 1. The molecule has 0 saturated heterocycles. The van der Waals surface area contributed by atoms with Gasteiger partial charge in [-0.2, -0.15) is 0 Å². The lowest BCUT2D eigenvalue weighted by atomic mass is 10.3. The van der Waals surface area contributed by atoms with Crippen LogP contribution in [0.2, 0.25) is 0 Å². The average molecular weight is 191 g/mol. The maximum atomic E-state index is 11.6. The van der Waals surface area contributed by atoms with Crippen LogP contribution in [0.25, 0.3) is 0 Å². The number of amides is 1. The molecule has 0 aliphatic carbocycles. The summed E-state index contributed by atoms with van der Waals surface area (Å²) in [6.45, 7) is 3.34. The second-order valence-electron chi connectivity index (χ2n) is 3.49. The molecular weight excluding hydrogens is 178 g/mol. The highest BCUT2D eigenvalue weighted by molar-refractivity contribution is 5.76. The number of nitrogens with zero attached hydrogens (tertiary/aromatic N) is 3. The molecule has 0 N–H and O–H groups in total. The van der Waals surface area contributed by atoms with E-state index in [1.165, 1.54) is 6.33 Å². The molecule has 4 heteroatoms. The van der Waals surface area contributed by atoms with E-state index in [-0.39, 0.29) is 5.91 Å². The zero-order valence-electron chi connectivity index (χ0n) is 8.23. The van der Waals surface area contributed by atoms with Gasteiger partial charge in [-0.15, -0.1) is 0 Å². The van der Waals surface area contributed by atoms with Crippen LogP contribution in [0.5, 0.6) is 0 Å². The van der Waals surface area contributed by atoms with Crippen LogP contribution in [0.1, 0.15) is 31.0 Å². The van der Waals surface area contributed by atoms with E-state index in [2.05, 4.69) is 9.97 Å². The zero-order chi connectivity index (χ0) is 9.97. The molecule has 0 radical (unpaired) electrons. The molecule has 1 aliphatic rings. The van der Waals surface area contributed by atoms with Crippen molar-refractivity contribution in [2.24, 2.45) is 0 Å². The van der Waals surface area contributed by atoms with Crippen molar-refractivity contribution in [3.05, 3.63) is 23.8 Å². The molecule has 74 valence electrons. The number of fused-ring (bicyclic) bond motifs is 1. The van der Waals surface area contributed by atoms with E-state index in [0.717, 1.165) is 17.7 Å². The first-order valence-corrected chi connectivity index (χ1v) is 4.86. The SMILES string of the molecule is CCCC(=O)N1Cc2cncnc2C1. The minimum absolute atomic E-state index is 0.213. The number of hydrogen-bond acceptors (Lipinski definition) is 3. The maximum Gasteiger partial charge on any atom is 0.223 e. The van der Waals surface area contributed by atoms with Crippen molar-refractivity contribution >= 4 is 5.91 Å². The van der Waals surface area contributed by atoms with Crippen molar-refractivity contribution in [2.75, 3.05) is 0 Å². The summed E-state index contributed by atoms with van der Waals surface area (Å²) in [5.74, 6) is 0.213. The number of hydrogen-bond donors (Lipinski definition) is 0. The quantitative estimate of drug-likeness (QED) is 0.703. The highest BCUT2D eigenvalue weighted by atomic mass is 16.2. The largest absolute Gasteiger partial charge is 0.332 e. The Morgan fingerprint density at radius 1 is 1.57 bits per heavy atom. The predicted molar refractivity (Wildman–Crippen MR) is 51.2 cm³/mol. The Morgan fingerprint density at radius 3 is 3.14 bits per heavy atom. The molecule has 1 aliphatic heterocycles. The summed E-state index contributed by atoms with van der Waals surface area (Å²) in [6.07, 6.45) is 4.85. The first-order chi connectivity index (χ1) is 6.81. The molecule has 2 heterocycles. The number of rotatable bonds is 2. The normalized spacial score (nSPS) is 14.2. The van der Waals surface area contributed by atoms with Gasteiger partial charge in [0.25, 0.3) is 0 Å². The monoisotopic (exact) mass is 191 g/mol. The molecule has 4 nitrogen and oxygen atoms in total. The van der Waals surface area contributed by atoms with Gasteiger partial charge >= 0.3 is 0 Å². The molecule has 0 bridgehead atoms. The van der Waals surface area contributed by atoms with Gasteiger partial charge in [-0.05, 0) is 6.42 Å². The van der Waals surface area contributed by atoms with E-state index in [4.69, 9.17) is 0 Å². The summed E-state index contributed by atoms with van der Waals surface area (Å²) >= 11 is 0. The first-order valence-electron chi connectivity index (χ1n) is 4.86. The maximum absolute atomic E-state index is 11.6. The van der Waals surface area contributed by atoms with E-state index in [9.17, 15) is 4.79 Å². The van der Waals surface area contributed by atoms with Crippen LogP contribution in [-0.4, -0.2) is 20.8 Å². The van der Waals surface area contributed by atoms with E-state index in [1.54, 1.807) is 6.20 Å². The summed E-state index contributed by atoms with van der Waals surface area (Å²) in [6, 6.07) is 0. The Labute approximate surface area is 83.0 Å². The summed E-state index contributed by atoms with van der Waals surface area (Å²) in [5.41, 5.74) is 2.07. The van der Waals surface area contributed by atoms with Crippen LogP contribution in [0.15, 0.2) is 12.5 Å². The van der Waals surface area contributed by atoms with Crippen molar-refractivity contribution in [3.8, 4) is 0 Å². The van der Waals surface area contributed by atoms with Crippen LogP contribution in [0.4, 0.5) is 0 Å². The Morgan fingerprint density at radius 2 is 2.43 bits per heavy atom. The highest BCUT2D eigenvalue weighted by Crippen LogP contribution is 2.19. The van der Waals surface area contributed by atoms with Crippen molar-refractivity contribution in [3.63, 3.8) is 0 Å². The van der Waals surface area contributed by atoms with Gasteiger partial charge in [0.2, 0.25) is 5.91 Å². The second-order valence-corrected chi connectivity index (χ2v) is 3.49. The third-order valence-electron chi connectivity index (χ3n) is 2.40. The van der Waals surface area contributed by atoms with Crippen LogP contribution in [0, 0.1) is 0 Å². The van der Waals surface area contributed by atoms with E-state index in [0.29, 0.717) is 19.5 Å². The van der Waals surface area contributed by atoms with Crippen LogP contribution in [-0.2, 0) is 17.9 Å². The van der Waals surface area contributed by atoms with Gasteiger partial charge in [-0.25, -0.2) is 9.97 Å². The minimum Gasteiger partial charge on any atom is -0.332 e. The lowest BCUT2D eigenvalue weighted by molar-refractivity contribution is -0.131. The minimum atomic E-state index is 0.213. The Kier molecular flexibility index (Phi) is 2.43. The summed E-state index contributed by atoms with van der Waals surface area (Å²) in [5, 5.41) is 0. The summed E-state index contributed by atoms with van der Waals surface area (Å²) < 4.78 is 0. The van der Waals surface area contributed by atoms with Crippen LogP contribution < -0.4 is 0 Å². The zero-order valence-corrected chi connectivity index (χ0v) is 8.23. The lowest BCUT2D eigenvalue weighted by Crippen LogP contribution is -2.24. The third-order valence-corrected chi connectivity index (χ3v) is 2.40. The fourth-order valence-electron chi connectivity index (χ4n) is 1.65. The molecule has 14 heavy (non-hydrogen) atoms. The van der Waals surface area contributed by atoms with Gasteiger partial charge in [0.05, 0.1) is 12.2 Å². The second kappa shape index (κ2) is 3.74. The molecule has 0 fully saturated rings. The van der Waals surface area contributed by atoms with Gasteiger partial charge in [0, 0.05) is 24.7 Å². The Bertz CT molecular complexity index is 326. The molecule has 0 saturated carbocycles. The molecule has 0 unspecified atom stereocenters. The third kappa shape index (κ3) is 1.60. The van der Waals surface area contributed by atoms with Gasteiger partial charge in [-0.3, -0.25) is 4.79 Å². The van der Waals surface area contributed by atoms with Crippen molar-refractivity contribution in [1.29, 1.82) is 0 Å². The Balaban J connectivity index is 2.08. The van der Waals surface area contributed by atoms with Gasteiger partial charge in [0.1, 0.15) is 6.33 Å². The fraction of sp³-hybridized carbons (Fsp3) is 0.500. The molecule has 0 atom stereocenters. The van der Waals surface area contributed by atoms with E-state index >= 15 is 0 Å². The smallest absolute Gasteiger partial charge is 0.223 e. The molecule has 1 aromatic rings. The fourth-order valence-corrected chi connectivity index (χ4v) is 1.65. The van der Waals surface area contributed by atoms with Crippen molar-refractivity contribution in [2.45, 2.75) is 32.9 Å². The summed E-state index contributed by atoms with van der Waals surface area (Å²) in [7, 11) is 0. The lowest BCUT2D eigenvalue weighted by Gasteiger charge is -2.13. The number of aromatic nitrogens is 2. The molecule has 1 aromatic heterocycles. The molecular formula is C10H13N3O. The van der Waals surface area contributed by atoms with Crippen LogP contribution >= 0.6 is 0 Å². The standard InChI is InChI=1S/C10H13N3O/c1-2-3-10(14)13-5-8-4-11-7-12-9(8)6-13/h4,7H,2-3,5-6H2,1H3. The molecule has 2 rings (SSSR count). The number of carbonyl (C=O) groups excluding carboxylic acids is 1. The average Bonchev–Trinajstić information content (AvgIpc) is 2.61. The van der Waals surface area contributed by atoms with Gasteiger partial charge in [-0.1, -0.05) is 6.92 Å². The first kappa shape index (κ1) is 9.12. The van der Waals surface area contributed by atoms with Crippen molar-refractivity contribution < 1.29 is 4.79 Å². The Hall–Kier alpha value is -1.45. The molecule has 0 spiro atoms. The predicted octanol–water partition coefficient (Wildman–Crippen LogP) is 1.12. The molecule has 0 aromatic carbocycles. The van der Waals surface area contributed by atoms with E-state index in [1.807, 2.05) is 11.8 Å². The summed E-state index contributed by atoms with van der Waals surface area (Å²) in [4.78, 5) is 21.5. The topological polar surface area (TPSA) is 46.1 Å². The molecule has 1 amide bonds. The van der Waals surface area contributed by atoms with Crippen molar-refractivity contribution in [1.82, 2.24) is 14.9 Å². The highest BCUT2D eigenvalue weighted by Gasteiger charge is 2.23. The van der Waals surface area contributed by atoms with E-state index < -0.39 is 0 Å². The van der Waals surface area contributed by atoms with Gasteiger partial charge in [0.15, 0.2) is 0 Å². The van der Waals surface area contributed by atoms with Gasteiger partial charge < -0.3 is 4.90 Å².